The third-order valence-corrected chi connectivity index (χ3v) is 4.78. The van der Waals surface area contributed by atoms with Crippen LogP contribution in [-0.4, -0.2) is 50.6 Å². The third kappa shape index (κ3) is 1.85. The van der Waals surface area contributed by atoms with Gasteiger partial charge in [-0.25, -0.2) is 0 Å². The second-order valence-electron chi connectivity index (χ2n) is 5.90. The van der Waals surface area contributed by atoms with Crippen LogP contribution in [0.4, 0.5) is 0 Å². The molecule has 0 radical (unpaired) electrons. The predicted molar refractivity (Wildman–Crippen MR) is 79.6 cm³/mol. The number of likely N-dealkylation sites (tertiary alicyclic amines) is 1. The fraction of sp³-hybridized carbons (Fsp3) is 0.467. The molecular weight excluding hydrogens is 280 g/mol. The van der Waals surface area contributed by atoms with Gasteiger partial charge in [0.1, 0.15) is 5.54 Å². The monoisotopic (exact) mass is 298 g/mol. The van der Waals surface area contributed by atoms with E-state index in [4.69, 9.17) is 0 Å². The Morgan fingerprint density at radius 2 is 2.05 bits per heavy atom. The molecule has 2 aliphatic heterocycles. The van der Waals surface area contributed by atoms with Gasteiger partial charge in [0, 0.05) is 13.1 Å². The van der Waals surface area contributed by atoms with Crippen LogP contribution in [0, 0.1) is 0 Å². The molecule has 1 amide bonds. The van der Waals surface area contributed by atoms with Gasteiger partial charge in [-0.2, -0.15) is 4.68 Å². The standard InChI is InChI=1S/C15H18N6O/c1-2-20-9-7-15(8-10-20)14-17-18-19-21(14)12-6-4-3-5-11(12)13(22)16-15/h3-6H,2,7-10H2,1H3,(H,16,22). The van der Waals surface area contributed by atoms with Gasteiger partial charge in [-0.3, -0.25) is 4.79 Å². The van der Waals surface area contributed by atoms with Crippen LogP contribution in [0.3, 0.4) is 0 Å². The van der Waals surface area contributed by atoms with E-state index >= 15 is 0 Å². The molecule has 2 aliphatic rings. The van der Waals surface area contributed by atoms with Crippen LogP contribution < -0.4 is 5.32 Å². The molecule has 1 spiro atoms. The third-order valence-electron chi connectivity index (χ3n) is 4.78. The van der Waals surface area contributed by atoms with Gasteiger partial charge in [0.2, 0.25) is 0 Å². The second kappa shape index (κ2) is 4.88. The highest BCUT2D eigenvalue weighted by Crippen LogP contribution is 2.35. The van der Waals surface area contributed by atoms with E-state index in [0.717, 1.165) is 44.0 Å². The lowest BCUT2D eigenvalue weighted by atomic mass is 9.86. The highest BCUT2D eigenvalue weighted by Gasteiger charge is 2.44. The Morgan fingerprint density at radius 3 is 2.82 bits per heavy atom. The average molecular weight is 298 g/mol. The second-order valence-corrected chi connectivity index (χ2v) is 5.90. The summed E-state index contributed by atoms with van der Waals surface area (Å²) in [5.41, 5.74) is 0.881. The first-order valence-electron chi connectivity index (χ1n) is 7.67. The number of para-hydroxylation sites is 1. The Labute approximate surface area is 128 Å². The molecule has 1 aromatic heterocycles. The molecule has 22 heavy (non-hydrogen) atoms. The van der Waals surface area contributed by atoms with Gasteiger partial charge in [0.05, 0.1) is 11.3 Å². The van der Waals surface area contributed by atoms with E-state index in [-0.39, 0.29) is 5.91 Å². The lowest BCUT2D eigenvalue weighted by Crippen LogP contribution is -2.53. The summed E-state index contributed by atoms with van der Waals surface area (Å²) < 4.78 is 1.72. The van der Waals surface area contributed by atoms with Crippen LogP contribution in [0.1, 0.15) is 35.9 Å². The Bertz CT molecular complexity index is 716. The first kappa shape index (κ1) is 13.4. The summed E-state index contributed by atoms with van der Waals surface area (Å²) in [4.78, 5) is 15.1. The molecule has 1 fully saturated rings. The molecule has 3 heterocycles. The number of carbonyl (C=O) groups excluding carboxylic acids is 1. The van der Waals surface area contributed by atoms with Gasteiger partial charge in [-0.15, -0.1) is 5.10 Å². The average Bonchev–Trinajstić information content (AvgIpc) is 3.02. The van der Waals surface area contributed by atoms with E-state index in [0.29, 0.717) is 5.56 Å². The molecule has 1 N–H and O–H groups in total. The van der Waals surface area contributed by atoms with Crippen LogP contribution >= 0.6 is 0 Å². The summed E-state index contributed by atoms with van der Waals surface area (Å²) >= 11 is 0. The molecule has 2 aromatic rings. The molecule has 0 saturated carbocycles. The maximum Gasteiger partial charge on any atom is 0.254 e. The van der Waals surface area contributed by atoms with Crippen LogP contribution in [-0.2, 0) is 5.54 Å². The number of tetrazole rings is 1. The van der Waals surface area contributed by atoms with Gasteiger partial charge < -0.3 is 10.2 Å². The molecule has 7 nitrogen and oxygen atoms in total. The maximum absolute atomic E-state index is 12.7. The zero-order valence-corrected chi connectivity index (χ0v) is 12.5. The van der Waals surface area contributed by atoms with Crippen LogP contribution in [0.2, 0.25) is 0 Å². The minimum atomic E-state index is -0.481. The quantitative estimate of drug-likeness (QED) is 0.839. The number of nitrogens with one attached hydrogen (secondary N) is 1. The summed E-state index contributed by atoms with van der Waals surface area (Å²) in [5.74, 6) is 0.675. The Balaban J connectivity index is 1.83. The molecule has 0 unspecified atom stereocenters. The van der Waals surface area contributed by atoms with E-state index in [2.05, 4.69) is 32.7 Å². The molecule has 0 atom stereocenters. The Kier molecular flexibility index (Phi) is 2.97. The predicted octanol–water partition coefficient (Wildman–Crippen LogP) is 0.717. The number of aromatic nitrogens is 4. The van der Waals surface area contributed by atoms with Crippen LogP contribution in [0.5, 0.6) is 0 Å². The zero-order valence-electron chi connectivity index (χ0n) is 12.5. The number of carbonyl (C=O) groups is 1. The summed E-state index contributed by atoms with van der Waals surface area (Å²) in [6.07, 6.45) is 1.64. The van der Waals surface area contributed by atoms with E-state index in [1.165, 1.54) is 0 Å². The zero-order chi connectivity index (χ0) is 15.2. The highest BCUT2D eigenvalue weighted by atomic mass is 16.2. The number of hydrogen-bond acceptors (Lipinski definition) is 5. The van der Waals surface area contributed by atoms with Crippen molar-refractivity contribution in [3.63, 3.8) is 0 Å². The number of amides is 1. The van der Waals surface area contributed by atoms with Crippen molar-refractivity contribution in [2.24, 2.45) is 0 Å². The SMILES string of the molecule is CCN1CCC2(CC1)NC(=O)c1ccccc1-n1nnnc12. The summed E-state index contributed by atoms with van der Waals surface area (Å²) in [5, 5.41) is 15.4. The molecule has 7 heteroatoms. The number of hydrogen-bond donors (Lipinski definition) is 1. The molecule has 0 bridgehead atoms. The molecular formula is C15H18N6O. The van der Waals surface area contributed by atoms with E-state index < -0.39 is 5.54 Å². The Hall–Kier alpha value is -2.28. The van der Waals surface area contributed by atoms with E-state index in [1.54, 1.807) is 4.68 Å². The van der Waals surface area contributed by atoms with Gasteiger partial charge in [-0.05, 0) is 41.9 Å². The number of fused-ring (bicyclic) bond motifs is 4. The van der Waals surface area contributed by atoms with Crippen molar-refractivity contribution in [1.29, 1.82) is 0 Å². The molecule has 1 aromatic carbocycles. The minimum Gasteiger partial charge on any atom is -0.339 e. The van der Waals surface area contributed by atoms with Crippen LogP contribution in [0.15, 0.2) is 24.3 Å². The number of nitrogens with zero attached hydrogens (tertiary/aromatic N) is 5. The lowest BCUT2D eigenvalue weighted by molar-refractivity contribution is 0.0801. The number of piperidine rings is 1. The fourth-order valence-corrected chi connectivity index (χ4v) is 3.44. The van der Waals surface area contributed by atoms with Gasteiger partial charge in [-0.1, -0.05) is 19.1 Å². The normalized spacial score (nSPS) is 20.1. The van der Waals surface area contributed by atoms with Gasteiger partial charge in [0.15, 0.2) is 5.82 Å². The summed E-state index contributed by atoms with van der Waals surface area (Å²) in [7, 11) is 0. The highest BCUT2D eigenvalue weighted by molar-refractivity contribution is 5.98. The fourth-order valence-electron chi connectivity index (χ4n) is 3.44. The largest absolute Gasteiger partial charge is 0.339 e. The van der Waals surface area contributed by atoms with Crippen molar-refractivity contribution < 1.29 is 4.79 Å². The lowest BCUT2D eigenvalue weighted by Gasteiger charge is -2.40. The minimum absolute atomic E-state index is 0.0622. The topological polar surface area (TPSA) is 75.9 Å². The molecule has 4 rings (SSSR count). The van der Waals surface area contributed by atoms with Crippen molar-refractivity contribution in [2.75, 3.05) is 19.6 Å². The summed E-state index contributed by atoms with van der Waals surface area (Å²) in [6, 6.07) is 7.46. The molecule has 114 valence electrons. The van der Waals surface area contributed by atoms with Crippen molar-refractivity contribution in [3.05, 3.63) is 35.7 Å². The van der Waals surface area contributed by atoms with Gasteiger partial charge >= 0.3 is 0 Å². The maximum atomic E-state index is 12.7. The van der Waals surface area contributed by atoms with Crippen molar-refractivity contribution >= 4 is 5.91 Å². The van der Waals surface area contributed by atoms with Crippen molar-refractivity contribution in [1.82, 2.24) is 30.4 Å². The van der Waals surface area contributed by atoms with E-state index in [9.17, 15) is 4.79 Å². The smallest absolute Gasteiger partial charge is 0.254 e. The molecule has 0 aliphatic carbocycles. The number of benzene rings is 1. The number of rotatable bonds is 1. The van der Waals surface area contributed by atoms with Gasteiger partial charge in [0.25, 0.3) is 5.91 Å². The van der Waals surface area contributed by atoms with Crippen molar-refractivity contribution in [3.8, 4) is 5.69 Å². The first-order chi connectivity index (χ1) is 10.7. The van der Waals surface area contributed by atoms with E-state index in [1.807, 2.05) is 24.3 Å². The Morgan fingerprint density at radius 1 is 1.27 bits per heavy atom. The molecule has 1 saturated heterocycles. The summed E-state index contributed by atoms with van der Waals surface area (Å²) in [6.45, 7) is 5.04. The first-order valence-corrected chi connectivity index (χ1v) is 7.67. The van der Waals surface area contributed by atoms with Crippen molar-refractivity contribution in [2.45, 2.75) is 25.3 Å². The van der Waals surface area contributed by atoms with Crippen LogP contribution in [0.25, 0.3) is 5.69 Å².